The van der Waals surface area contributed by atoms with Crippen molar-refractivity contribution < 1.29 is 4.92 Å². The first-order valence-corrected chi connectivity index (χ1v) is 5.92. The van der Waals surface area contributed by atoms with Crippen molar-refractivity contribution in [2.24, 2.45) is 0 Å². The van der Waals surface area contributed by atoms with E-state index in [1.807, 2.05) is 0 Å². The molecule has 0 aliphatic heterocycles. The Hall–Kier alpha value is -1.62. The second-order valence-electron chi connectivity index (χ2n) is 3.76. The van der Waals surface area contributed by atoms with Crippen molar-refractivity contribution in [2.45, 2.75) is 19.4 Å². The van der Waals surface area contributed by atoms with Gasteiger partial charge in [0.1, 0.15) is 0 Å². The average molecular weight is 254 g/mol. The standard InChI is InChI=1S/C11H12ClN3O2/c12-5-1-2-6-14-11-7-10(15(16)17)4-3-9(11)8-13-14/h3-4,7-8H,1-2,5-6H2. The minimum atomic E-state index is -0.393. The maximum Gasteiger partial charge on any atom is 0.271 e. The van der Waals surface area contributed by atoms with Crippen LogP contribution in [0.2, 0.25) is 0 Å². The number of nitro groups is 1. The summed E-state index contributed by atoms with van der Waals surface area (Å²) in [4.78, 5) is 10.3. The van der Waals surface area contributed by atoms with Crippen LogP contribution < -0.4 is 0 Å². The Kier molecular flexibility index (Phi) is 3.58. The summed E-state index contributed by atoms with van der Waals surface area (Å²) in [7, 11) is 0. The second-order valence-corrected chi connectivity index (χ2v) is 4.14. The van der Waals surface area contributed by atoms with Gasteiger partial charge in [0.15, 0.2) is 0 Å². The zero-order chi connectivity index (χ0) is 12.3. The quantitative estimate of drug-likeness (QED) is 0.356. The van der Waals surface area contributed by atoms with E-state index < -0.39 is 4.92 Å². The molecule has 17 heavy (non-hydrogen) atoms. The van der Waals surface area contributed by atoms with Gasteiger partial charge in [-0.05, 0) is 18.9 Å². The molecule has 0 aliphatic rings. The van der Waals surface area contributed by atoms with Crippen molar-refractivity contribution in [3.05, 3.63) is 34.5 Å². The fourth-order valence-electron chi connectivity index (χ4n) is 1.71. The van der Waals surface area contributed by atoms with Crippen molar-refractivity contribution >= 4 is 28.2 Å². The number of aryl methyl sites for hydroxylation is 1. The van der Waals surface area contributed by atoms with E-state index in [9.17, 15) is 10.1 Å². The molecule has 0 unspecified atom stereocenters. The molecule has 0 fully saturated rings. The highest BCUT2D eigenvalue weighted by Gasteiger charge is 2.09. The highest BCUT2D eigenvalue weighted by atomic mass is 35.5. The molecule has 1 aromatic carbocycles. The number of alkyl halides is 1. The van der Waals surface area contributed by atoms with Crippen LogP contribution in [0.5, 0.6) is 0 Å². The first-order valence-electron chi connectivity index (χ1n) is 5.38. The zero-order valence-corrected chi connectivity index (χ0v) is 9.93. The second kappa shape index (κ2) is 5.14. The van der Waals surface area contributed by atoms with Crippen LogP contribution in [0.4, 0.5) is 5.69 Å². The lowest BCUT2D eigenvalue weighted by atomic mass is 10.2. The van der Waals surface area contributed by atoms with Gasteiger partial charge in [-0.1, -0.05) is 0 Å². The Morgan fingerprint density at radius 2 is 2.24 bits per heavy atom. The summed E-state index contributed by atoms with van der Waals surface area (Å²) in [6.45, 7) is 0.734. The number of halogens is 1. The zero-order valence-electron chi connectivity index (χ0n) is 9.17. The fourth-order valence-corrected chi connectivity index (χ4v) is 1.90. The summed E-state index contributed by atoms with van der Waals surface area (Å²) in [6.07, 6.45) is 3.56. The minimum Gasteiger partial charge on any atom is -0.265 e. The molecule has 0 saturated heterocycles. The van der Waals surface area contributed by atoms with Gasteiger partial charge in [-0.15, -0.1) is 11.6 Å². The van der Waals surface area contributed by atoms with Crippen LogP contribution >= 0.6 is 11.6 Å². The van der Waals surface area contributed by atoms with E-state index >= 15 is 0 Å². The third kappa shape index (κ3) is 2.55. The van der Waals surface area contributed by atoms with E-state index in [4.69, 9.17) is 11.6 Å². The van der Waals surface area contributed by atoms with E-state index in [1.165, 1.54) is 6.07 Å². The number of hydrogen-bond donors (Lipinski definition) is 0. The molecule has 1 aromatic heterocycles. The van der Waals surface area contributed by atoms with Gasteiger partial charge in [-0.25, -0.2) is 0 Å². The highest BCUT2D eigenvalue weighted by Crippen LogP contribution is 2.20. The molecule has 0 atom stereocenters. The monoisotopic (exact) mass is 253 g/mol. The summed E-state index contributed by atoms with van der Waals surface area (Å²) in [5.41, 5.74) is 0.894. The number of rotatable bonds is 5. The van der Waals surface area contributed by atoms with Gasteiger partial charge in [0.25, 0.3) is 5.69 Å². The summed E-state index contributed by atoms with van der Waals surface area (Å²) in [5.74, 6) is 0.624. The first-order chi connectivity index (χ1) is 8.22. The van der Waals surface area contributed by atoms with Crippen LogP contribution in [-0.2, 0) is 6.54 Å². The molecule has 0 N–H and O–H groups in total. The van der Waals surface area contributed by atoms with E-state index in [2.05, 4.69) is 5.10 Å². The Balaban J connectivity index is 2.30. The van der Waals surface area contributed by atoms with Gasteiger partial charge in [-0.2, -0.15) is 5.10 Å². The van der Waals surface area contributed by atoms with Gasteiger partial charge in [0.05, 0.1) is 16.6 Å². The normalized spacial score (nSPS) is 10.9. The summed E-state index contributed by atoms with van der Waals surface area (Å²) >= 11 is 5.61. The van der Waals surface area contributed by atoms with Gasteiger partial charge in [0, 0.05) is 29.9 Å². The van der Waals surface area contributed by atoms with Gasteiger partial charge < -0.3 is 0 Å². The fraction of sp³-hybridized carbons (Fsp3) is 0.364. The van der Waals surface area contributed by atoms with Crippen LogP contribution in [0.25, 0.3) is 10.9 Å². The van der Waals surface area contributed by atoms with E-state index in [0.717, 1.165) is 30.3 Å². The Bertz CT molecular complexity index is 538. The first kappa shape index (κ1) is 11.9. The maximum atomic E-state index is 10.7. The molecule has 0 aliphatic carbocycles. The largest absolute Gasteiger partial charge is 0.271 e. The van der Waals surface area contributed by atoms with Crippen molar-refractivity contribution in [3.8, 4) is 0 Å². The van der Waals surface area contributed by atoms with Crippen molar-refractivity contribution in [1.82, 2.24) is 9.78 Å². The summed E-state index contributed by atoms with van der Waals surface area (Å²) in [6, 6.07) is 4.77. The number of nitro benzene ring substituents is 1. The number of unbranched alkanes of at least 4 members (excludes halogenated alkanes) is 1. The number of aromatic nitrogens is 2. The van der Waals surface area contributed by atoms with Crippen molar-refractivity contribution in [3.63, 3.8) is 0 Å². The van der Waals surface area contributed by atoms with E-state index in [-0.39, 0.29) is 5.69 Å². The van der Waals surface area contributed by atoms with Gasteiger partial charge >= 0.3 is 0 Å². The SMILES string of the molecule is O=[N+]([O-])c1ccc2cnn(CCCCCl)c2c1. The number of benzene rings is 1. The molecule has 0 radical (unpaired) electrons. The number of hydrogen-bond acceptors (Lipinski definition) is 3. The van der Waals surface area contributed by atoms with Crippen LogP contribution in [0.15, 0.2) is 24.4 Å². The molecule has 0 amide bonds. The maximum absolute atomic E-state index is 10.7. The molecule has 6 heteroatoms. The molecule has 0 bridgehead atoms. The predicted molar refractivity (Wildman–Crippen MR) is 66.3 cm³/mol. The molecule has 1 heterocycles. The Morgan fingerprint density at radius 3 is 2.94 bits per heavy atom. The predicted octanol–water partition coefficient (Wildman–Crippen LogP) is 2.96. The lowest BCUT2D eigenvalue weighted by Crippen LogP contribution is -2.00. The van der Waals surface area contributed by atoms with E-state index in [1.54, 1.807) is 23.0 Å². The molecule has 0 spiro atoms. The number of non-ortho nitro benzene ring substituents is 1. The third-order valence-corrected chi connectivity index (χ3v) is 2.86. The Labute approximate surface area is 103 Å². The lowest BCUT2D eigenvalue weighted by Gasteiger charge is -2.02. The van der Waals surface area contributed by atoms with Gasteiger partial charge in [-0.3, -0.25) is 14.8 Å². The molecule has 0 saturated carbocycles. The average Bonchev–Trinajstić information content (AvgIpc) is 2.72. The molecular weight excluding hydrogens is 242 g/mol. The van der Waals surface area contributed by atoms with Crippen LogP contribution in [0.1, 0.15) is 12.8 Å². The minimum absolute atomic E-state index is 0.0941. The molecular formula is C11H12ClN3O2. The van der Waals surface area contributed by atoms with Crippen molar-refractivity contribution in [2.75, 3.05) is 5.88 Å². The molecule has 2 aromatic rings. The molecule has 5 nitrogen and oxygen atoms in total. The number of nitrogens with zero attached hydrogens (tertiary/aromatic N) is 3. The lowest BCUT2D eigenvalue weighted by molar-refractivity contribution is -0.384. The Morgan fingerprint density at radius 1 is 1.41 bits per heavy atom. The number of fused-ring (bicyclic) bond motifs is 1. The smallest absolute Gasteiger partial charge is 0.265 e. The van der Waals surface area contributed by atoms with Gasteiger partial charge in [0.2, 0.25) is 0 Å². The topological polar surface area (TPSA) is 61.0 Å². The molecule has 90 valence electrons. The van der Waals surface area contributed by atoms with Crippen LogP contribution in [0, 0.1) is 10.1 Å². The third-order valence-electron chi connectivity index (χ3n) is 2.59. The highest BCUT2D eigenvalue weighted by molar-refractivity contribution is 6.17. The summed E-state index contributed by atoms with van der Waals surface area (Å²) in [5, 5.41) is 15.8. The summed E-state index contributed by atoms with van der Waals surface area (Å²) < 4.78 is 1.79. The van der Waals surface area contributed by atoms with Crippen molar-refractivity contribution in [1.29, 1.82) is 0 Å². The van der Waals surface area contributed by atoms with E-state index in [0.29, 0.717) is 5.88 Å². The molecule has 2 rings (SSSR count). The van der Waals surface area contributed by atoms with Crippen LogP contribution in [0.3, 0.4) is 0 Å². The van der Waals surface area contributed by atoms with Crippen LogP contribution in [-0.4, -0.2) is 20.6 Å².